The maximum atomic E-state index is 9.15. The van der Waals surface area contributed by atoms with Gasteiger partial charge in [-0.2, -0.15) is 0 Å². The van der Waals surface area contributed by atoms with Crippen molar-refractivity contribution in [2.75, 3.05) is 0 Å². The smallest absolute Gasteiger partial charge is 0.252 e. The largest absolute Gasteiger partial charge is 0.388 e. The molecule has 6 nitrogen and oxygen atoms in total. The fraction of sp³-hybridized carbons (Fsp3) is 1.00. The lowest BCUT2D eigenvalue weighted by Crippen LogP contribution is -2.67. The fourth-order valence-corrected chi connectivity index (χ4v) is 1.15. The van der Waals surface area contributed by atoms with E-state index in [2.05, 4.69) is 4.74 Å². The molecule has 1 saturated heterocycles. The standard InChI is InChI=1S/C6H13NO5/c1-2-3(8)4(9)5(10)6(7,11)12-2/h2-5,8-11H,7H2,1H3/t2-,3-,4+,5+,6+/m0/s1. The summed E-state index contributed by atoms with van der Waals surface area (Å²) in [5.74, 6) is -2.29. The van der Waals surface area contributed by atoms with E-state index in [1.807, 2.05) is 0 Å². The SMILES string of the molecule is C[C@@H]1O[C@](N)(O)[C@H](O)[C@H](O)[C@H]1O. The number of rotatable bonds is 0. The summed E-state index contributed by atoms with van der Waals surface area (Å²) in [4.78, 5) is 0. The van der Waals surface area contributed by atoms with Gasteiger partial charge in [0, 0.05) is 0 Å². The van der Waals surface area contributed by atoms with Crippen molar-refractivity contribution in [2.45, 2.75) is 37.3 Å². The molecule has 12 heavy (non-hydrogen) atoms. The van der Waals surface area contributed by atoms with Crippen LogP contribution in [0.5, 0.6) is 0 Å². The Labute approximate surface area is 69.2 Å². The number of aliphatic hydroxyl groups is 4. The van der Waals surface area contributed by atoms with Crippen molar-refractivity contribution >= 4 is 0 Å². The van der Waals surface area contributed by atoms with Crippen molar-refractivity contribution in [2.24, 2.45) is 5.73 Å². The molecular weight excluding hydrogens is 166 g/mol. The van der Waals surface area contributed by atoms with Gasteiger partial charge in [0.2, 0.25) is 0 Å². The summed E-state index contributed by atoms with van der Waals surface area (Å²) in [5, 5.41) is 36.5. The van der Waals surface area contributed by atoms with Gasteiger partial charge in [-0.15, -0.1) is 0 Å². The minimum absolute atomic E-state index is 0.821. The van der Waals surface area contributed by atoms with E-state index in [1.165, 1.54) is 6.92 Å². The molecule has 6 N–H and O–H groups in total. The number of hydrogen-bond donors (Lipinski definition) is 5. The second-order valence-corrected chi connectivity index (χ2v) is 3.00. The van der Waals surface area contributed by atoms with Gasteiger partial charge in [0.15, 0.2) is 6.10 Å². The predicted octanol–water partition coefficient (Wildman–Crippen LogP) is -2.91. The highest BCUT2D eigenvalue weighted by Gasteiger charge is 2.49. The molecular formula is C6H13NO5. The van der Waals surface area contributed by atoms with Crippen molar-refractivity contribution < 1.29 is 25.2 Å². The van der Waals surface area contributed by atoms with Gasteiger partial charge in [-0.05, 0) is 6.92 Å². The zero-order valence-corrected chi connectivity index (χ0v) is 6.58. The van der Waals surface area contributed by atoms with Gasteiger partial charge in [0.25, 0.3) is 5.91 Å². The Morgan fingerprint density at radius 1 is 1.25 bits per heavy atom. The van der Waals surface area contributed by atoms with E-state index in [-0.39, 0.29) is 0 Å². The molecule has 0 aromatic rings. The van der Waals surface area contributed by atoms with Crippen LogP contribution in [0.2, 0.25) is 0 Å². The van der Waals surface area contributed by atoms with E-state index in [4.69, 9.17) is 26.2 Å². The molecule has 0 aromatic heterocycles. The summed E-state index contributed by atoms with van der Waals surface area (Å²) >= 11 is 0. The van der Waals surface area contributed by atoms with Crippen LogP contribution in [0.4, 0.5) is 0 Å². The molecule has 0 radical (unpaired) electrons. The van der Waals surface area contributed by atoms with Crippen LogP contribution in [0.15, 0.2) is 0 Å². The van der Waals surface area contributed by atoms with Crippen LogP contribution < -0.4 is 5.73 Å². The van der Waals surface area contributed by atoms with Crippen LogP contribution in [0.3, 0.4) is 0 Å². The van der Waals surface area contributed by atoms with Crippen LogP contribution in [0, 0.1) is 0 Å². The Kier molecular flexibility index (Phi) is 2.39. The fourth-order valence-electron chi connectivity index (χ4n) is 1.15. The second-order valence-electron chi connectivity index (χ2n) is 3.00. The van der Waals surface area contributed by atoms with E-state index in [9.17, 15) is 0 Å². The van der Waals surface area contributed by atoms with E-state index in [0.29, 0.717) is 0 Å². The highest BCUT2D eigenvalue weighted by molar-refractivity contribution is 4.91. The average Bonchev–Trinajstić information content (AvgIpc) is 1.97. The first-order chi connectivity index (χ1) is 5.36. The molecule has 5 atom stereocenters. The van der Waals surface area contributed by atoms with Gasteiger partial charge in [0.1, 0.15) is 12.2 Å². The monoisotopic (exact) mass is 179 g/mol. The van der Waals surface area contributed by atoms with Crippen LogP contribution in [-0.2, 0) is 4.74 Å². The van der Waals surface area contributed by atoms with E-state index in [1.54, 1.807) is 0 Å². The van der Waals surface area contributed by atoms with Gasteiger partial charge in [-0.3, -0.25) is 5.73 Å². The van der Waals surface area contributed by atoms with Gasteiger partial charge in [0.05, 0.1) is 6.10 Å². The van der Waals surface area contributed by atoms with Crippen LogP contribution >= 0.6 is 0 Å². The van der Waals surface area contributed by atoms with Crippen LogP contribution in [0.1, 0.15) is 6.92 Å². The first kappa shape index (κ1) is 9.85. The quantitative estimate of drug-likeness (QED) is 0.255. The lowest BCUT2D eigenvalue weighted by molar-refractivity contribution is -0.340. The third-order valence-corrected chi connectivity index (χ3v) is 1.95. The third-order valence-electron chi connectivity index (χ3n) is 1.95. The van der Waals surface area contributed by atoms with Crippen molar-refractivity contribution in [1.29, 1.82) is 0 Å². The van der Waals surface area contributed by atoms with Crippen molar-refractivity contribution in [3.63, 3.8) is 0 Å². The summed E-state index contributed by atoms with van der Waals surface area (Å²) in [5.41, 5.74) is 5.08. The van der Waals surface area contributed by atoms with Gasteiger partial charge in [-0.25, -0.2) is 0 Å². The maximum absolute atomic E-state index is 9.15. The van der Waals surface area contributed by atoms with Gasteiger partial charge < -0.3 is 25.2 Å². The summed E-state index contributed by atoms with van der Waals surface area (Å²) in [6, 6.07) is 0. The minimum Gasteiger partial charge on any atom is -0.388 e. The van der Waals surface area contributed by atoms with E-state index >= 15 is 0 Å². The molecule has 1 aliphatic rings. The Hall–Kier alpha value is -0.240. The number of nitrogens with two attached hydrogens (primary N) is 1. The Morgan fingerprint density at radius 2 is 1.75 bits per heavy atom. The van der Waals surface area contributed by atoms with Gasteiger partial charge in [-0.1, -0.05) is 0 Å². The van der Waals surface area contributed by atoms with Crippen LogP contribution in [0.25, 0.3) is 0 Å². The third kappa shape index (κ3) is 1.45. The molecule has 72 valence electrons. The topological polar surface area (TPSA) is 116 Å². The van der Waals surface area contributed by atoms with Crippen molar-refractivity contribution in [3.8, 4) is 0 Å². The van der Waals surface area contributed by atoms with E-state index < -0.39 is 30.3 Å². The molecule has 0 unspecified atom stereocenters. The lowest BCUT2D eigenvalue weighted by Gasteiger charge is -2.42. The molecule has 0 bridgehead atoms. The molecule has 0 amide bonds. The zero-order valence-electron chi connectivity index (χ0n) is 6.58. The molecule has 6 heteroatoms. The molecule has 0 aliphatic carbocycles. The average molecular weight is 179 g/mol. The zero-order chi connectivity index (χ0) is 9.52. The highest BCUT2D eigenvalue weighted by atomic mass is 16.7. The summed E-state index contributed by atoms with van der Waals surface area (Å²) < 4.78 is 4.64. The maximum Gasteiger partial charge on any atom is 0.252 e. The second kappa shape index (κ2) is 2.91. The molecule has 1 fully saturated rings. The summed E-state index contributed by atoms with van der Waals surface area (Å²) in [6.45, 7) is 1.43. The van der Waals surface area contributed by atoms with Crippen molar-refractivity contribution in [1.82, 2.24) is 0 Å². The first-order valence-electron chi connectivity index (χ1n) is 3.59. The normalized spacial score (nSPS) is 55.5. The Balaban J connectivity index is 2.78. The minimum atomic E-state index is -2.29. The van der Waals surface area contributed by atoms with Crippen LogP contribution in [-0.4, -0.2) is 50.8 Å². The Morgan fingerprint density at radius 3 is 2.25 bits per heavy atom. The predicted molar refractivity (Wildman–Crippen MR) is 37.7 cm³/mol. The molecule has 0 spiro atoms. The lowest BCUT2D eigenvalue weighted by atomic mass is 9.98. The summed E-state index contributed by atoms with van der Waals surface area (Å²) in [7, 11) is 0. The molecule has 0 aromatic carbocycles. The first-order valence-corrected chi connectivity index (χ1v) is 3.59. The highest BCUT2D eigenvalue weighted by Crippen LogP contribution is 2.23. The van der Waals surface area contributed by atoms with Gasteiger partial charge >= 0.3 is 0 Å². The van der Waals surface area contributed by atoms with Crippen molar-refractivity contribution in [3.05, 3.63) is 0 Å². The molecule has 1 aliphatic heterocycles. The molecule has 1 rings (SSSR count). The van der Waals surface area contributed by atoms with E-state index in [0.717, 1.165) is 0 Å². The molecule has 0 saturated carbocycles. The number of aliphatic hydroxyl groups excluding tert-OH is 3. The molecule has 1 heterocycles. The Bertz CT molecular complexity index is 173. The number of ether oxygens (including phenoxy) is 1. The summed E-state index contributed by atoms with van der Waals surface area (Å²) in [6.07, 6.45) is -5.27. The number of hydrogen-bond acceptors (Lipinski definition) is 6.